The molecule has 28 heavy (non-hydrogen) atoms. The van der Waals surface area contributed by atoms with Gasteiger partial charge in [-0.05, 0) is 56.2 Å². The number of pyridine rings is 1. The topological polar surface area (TPSA) is 71.0 Å². The largest absolute Gasteiger partial charge is 0.354 e. The maximum Gasteiger partial charge on any atom is 0.229 e. The van der Waals surface area contributed by atoms with E-state index in [1.807, 2.05) is 55.5 Å². The molecule has 0 radical (unpaired) electrons. The van der Waals surface area contributed by atoms with Gasteiger partial charge < -0.3 is 10.2 Å². The minimum atomic E-state index is -0.0603. The van der Waals surface area contributed by atoms with Gasteiger partial charge in [-0.2, -0.15) is 0 Å². The average Bonchev–Trinajstić information content (AvgIpc) is 2.76. The molecule has 1 fully saturated rings. The molecule has 1 aliphatic heterocycles. The molecule has 3 heterocycles. The molecule has 0 spiro atoms. The van der Waals surface area contributed by atoms with Crippen LogP contribution < -0.4 is 10.2 Å². The van der Waals surface area contributed by atoms with E-state index >= 15 is 0 Å². The van der Waals surface area contributed by atoms with Gasteiger partial charge in [0, 0.05) is 36.7 Å². The first-order valence-corrected chi connectivity index (χ1v) is 9.56. The molecule has 142 valence electrons. The number of nitrogens with one attached hydrogen (secondary N) is 1. The molecule has 1 aliphatic rings. The molecule has 0 bridgehead atoms. The molecule has 3 aromatic rings. The number of hydrogen-bond donors (Lipinski definition) is 1. The third kappa shape index (κ3) is 4.17. The summed E-state index contributed by atoms with van der Waals surface area (Å²) < 4.78 is 0. The normalized spacial score (nSPS) is 16.6. The van der Waals surface area contributed by atoms with E-state index in [9.17, 15) is 4.79 Å². The lowest BCUT2D eigenvalue weighted by Gasteiger charge is -2.32. The van der Waals surface area contributed by atoms with Crippen LogP contribution in [0.2, 0.25) is 0 Å². The van der Waals surface area contributed by atoms with Gasteiger partial charge in [0.2, 0.25) is 5.91 Å². The van der Waals surface area contributed by atoms with Crippen molar-refractivity contribution in [3.63, 3.8) is 0 Å². The Kier molecular flexibility index (Phi) is 5.28. The number of benzene rings is 1. The maximum atomic E-state index is 12.7. The summed E-state index contributed by atoms with van der Waals surface area (Å²) in [6, 6.07) is 15.7. The molecule has 2 aromatic heterocycles. The smallest absolute Gasteiger partial charge is 0.229 e. The van der Waals surface area contributed by atoms with Crippen molar-refractivity contribution in [2.24, 2.45) is 5.92 Å². The number of amides is 1. The van der Waals surface area contributed by atoms with Crippen LogP contribution in [0.1, 0.15) is 18.4 Å². The lowest BCUT2D eigenvalue weighted by atomic mass is 9.97. The SMILES string of the molecule is Cc1ccc(NC(=O)C2CCCN(c3ccc(-c4cccnc4)nn3)C2)cc1. The van der Waals surface area contributed by atoms with Crippen LogP contribution in [0, 0.1) is 12.8 Å². The zero-order valence-electron chi connectivity index (χ0n) is 15.9. The molecule has 1 N–H and O–H groups in total. The van der Waals surface area contributed by atoms with Gasteiger partial charge in [0.25, 0.3) is 0 Å². The molecule has 6 nitrogen and oxygen atoms in total. The molecular weight excluding hydrogens is 350 g/mol. The van der Waals surface area contributed by atoms with Crippen molar-refractivity contribution in [3.8, 4) is 11.3 Å². The van der Waals surface area contributed by atoms with E-state index in [-0.39, 0.29) is 11.8 Å². The summed E-state index contributed by atoms with van der Waals surface area (Å²) in [5.41, 5.74) is 3.75. The van der Waals surface area contributed by atoms with E-state index in [1.54, 1.807) is 12.4 Å². The second kappa shape index (κ2) is 8.17. The van der Waals surface area contributed by atoms with Crippen LogP contribution in [-0.4, -0.2) is 34.2 Å². The molecule has 0 saturated carbocycles. The standard InChI is InChI=1S/C22H23N5O/c1-16-6-8-19(9-7-16)24-22(28)18-5-3-13-27(15-18)21-11-10-20(25-26-21)17-4-2-12-23-14-17/h2,4,6-12,14,18H,3,5,13,15H2,1H3,(H,24,28). The second-order valence-corrected chi connectivity index (χ2v) is 7.16. The van der Waals surface area contributed by atoms with Crippen LogP contribution in [0.4, 0.5) is 11.5 Å². The van der Waals surface area contributed by atoms with Crippen LogP contribution >= 0.6 is 0 Å². The second-order valence-electron chi connectivity index (χ2n) is 7.16. The number of carbonyl (C=O) groups excluding carboxylic acids is 1. The first kappa shape index (κ1) is 18.1. The number of nitrogens with zero attached hydrogens (tertiary/aromatic N) is 4. The Morgan fingerprint density at radius 1 is 1.11 bits per heavy atom. The van der Waals surface area contributed by atoms with Gasteiger partial charge in [-0.3, -0.25) is 9.78 Å². The van der Waals surface area contributed by atoms with Crippen LogP contribution in [0.3, 0.4) is 0 Å². The van der Waals surface area contributed by atoms with E-state index in [2.05, 4.69) is 25.4 Å². The van der Waals surface area contributed by atoms with Crippen molar-refractivity contribution < 1.29 is 4.79 Å². The Hall–Kier alpha value is -3.28. The van der Waals surface area contributed by atoms with E-state index in [4.69, 9.17) is 0 Å². The summed E-state index contributed by atoms with van der Waals surface area (Å²) in [6.45, 7) is 3.57. The third-order valence-corrected chi connectivity index (χ3v) is 5.04. The van der Waals surface area contributed by atoms with Crippen LogP contribution in [0.25, 0.3) is 11.3 Å². The first-order chi connectivity index (χ1) is 13.7. The van der Waals surface area contributed by atoms with Crippen molar-refractivity contribution in [2.45, 2.75) is 19.8 Å². The Bertz CT molecular complexity index is 925. The Labute approximate surface area is 164 Å². The lowest BCUT2D eigenvalue weighted by Crippen LogP contribution is -2.41. The molecule has 4 rings (SSSR count). The molecule has 1 atom stereocenters. The van der Waals surface area contributed by atoms with Crippen molar-refractivity contribution >= 4 is 17.4 Å². The van der Waals surface area contributed by atoms with Crippen LogP contribution in [-0.2, 0) is 4.79 Å². The highest BCUT2D eigenvalue weighted by Gasteiger charge is 2.26. The number of aromatic nitrogens is 3. The average molecular weight is 373 g/mol. The predicted octanol–water partition coefficient (Wildman–Crippen LogP) is 3.70. The van der Waals surface area contributed by atoms with Gasteiger partial charge in [-0.15, -0.1) is 10.2 Å². The minimum Gasteiger partial charge on any atom is -0.354 e. The number of aryl methyl sites for hydroxylation is 1. The summed E-state index contributed by atoms with van der Waals surface area (Å²) in [7, 11) is 0. The van der Waals surface area contributed by atoms with Gasteiger partial charge in [0.15, 0.2) is 5.82 Å². The fourth-order valence-electron chi connectivity index (χ4n) is 3.44. The molecule has 1 unspecified atom stereocenters. The highest BCUT2D eigenvalue weighted by atomic mass is 16.1. The Morgan fingerprint density at radius 3 is 2.68 bits per heavy atom. The lowest BCUT2D eigenvalue weighted by molar-refractivity contribution is -0.120. The highest BCUT2D eigenvalue weighted by Crippen LogP contribution is 2.24. The van der Waals surface area contributed by atoms with Crippen LogP contribution in [0.15, 0.2) is 60.9 Å². The van der Waals surface area contributed by atoms with Gasteiger partial charge in [0.05, 0.1) is 11.6 Å². The molecular formula is C22H23N5O. The van der Waals surface area contributed by atoms with E-state index in [1.165, 1.54) is 5.56 Å². The van der Waals surface area contributed by atoms with E-state index in [0.29, 0.717) is 6.54 Å². The zero-order chi connectivity index (χ0) is 19.3. The van der Waals surface area contributed by atoms with Crippen LogP contribution in [0.5, 0.6) is 0 Å². The molecule has 1 amide bonds. The van der Waals surface area contributed by atoms with Gasteiger partial charge in [0.1, 0.15) is 0 Å². The Balaban J connectivity index is 1.42. The van der Waals surface area contributed by atoms with Gasteiger partial charge in [-0.1, -0.05) is 17.7 Å². The quantitative estimate of drug-likeness (QED) is 0.755. The Morgan fingerprint density at radius 2 is 1.96 bits per heavy atom. The highest BCUT2D eigenvalue weighted by molar-refractivity contribution is 5.93. The summed E-state index contributed by atoms with van der Waals surface area (Å²) in [4.78, 5) is 18.9. The fourth-order valence-corrected chi connectivity index (χ4v) is 3.44. The van der Waals surface area contributed by atoms with Crippen molar-refractivity contribution in [1.29, 1.82) is 0 Å². The molecule has 6 heteroatoms. The predicted molar refractivity (Wildman–Crippen MR) is 110 cm³/mol. The first-order valence-electron chi connectivity index (χ1n) is 9.56. The number of carbonyl (C=O) groups is 1. The molecule has 1 saturated heterocycles. The van der Waals surface area contributed by atoms with Gasteiger partial charge in [-0.25, -0.2) is 0 Å². The summed E-state index contributed by atoms with van der Waals surface area (Å²) in [5.74, 6) is 0.809. The van der Waals surface area contributed by atoms with Crippen molar-refractivity contribution in [1.82, 2.24) is 15.2 Å². The number of rotatable bonds is 4. The monoisotopic (exact) mass is 373 g/mol. The summed E-state index contributed by atoms with van der Waals surface area (Å²) in [5, 5.41) is 11.8. The van der Waals surface area contributed by atoms with E-state index in [0.717, 1.165) is 42.1 Å². The maximum absolute atomic E-state index is 12.7. The fraction of sp³-hybridized carbons (Fsp3) is 0.273. The van der Waals surface area contributed by atoms with Crippen molar-refractivity contribution in [2.75, 3.05) is 23.3 Å². The number of anilines is 2. The number of hydrogen-bond acceptors (Lipinski definition) is 5. The number of piperidine rings is 1. The zero-order valence-corrected chi connectivity index (χ0v) is 15.9. The molecule has 0 aliphatic carbocycles. The van der Waals surface area contributed by atoms with Crippen molar-refractivity contribution in [3.05, 3.63) is 66.5 Å². The third-order valence-electron chi connectivity index (χ3n) is 5.04. The summed E-state index contributed by atoms with van der Waals surface area (Å²) in [6.07, 6.45) is 5.35. The van der Waals surface area contributed by atoms with Gasteiger partial charge >= 0.3 is 0 Å². The molecule has 1 aromatic carbocycles. The minimum absolute atomic E-state index is 0.0603. The van der Waals surface area contributed by atoms with E-state index < -0.39 is 0 Å². The summed E-state index contributed by atoms with van der Waals surface area (Å²) >= 11 is 0.